The Bertz CT molecular complexity index is 2710. The van der Waals surface area contributed by atoms with Crippen molar-refractivity contribution in [1.82, 2.24) is 0 Å². The summed E-state index contributed by atoms with van der Waals surface area (Å²) in [5.41, 5.74) is 21.5. The molecule has 16 nitrogen and oxygen atoms in total. The fourth-order valence-electron chi connectivity index (χ4n) is 5.18. The van der Waals surface area contributed by atoms with E-state index in [4.69, 9.17) is 17.2 Å². The van der Waals surface area contributed by atoms with E-state index in [1.165, 1.54) is 0 Å². The number of azo groups is 3. The van der Waals surface area contributed by atoms with Crippen molar-refractivity contribution in [3.8, 4) is 16.9 Å². The summed E-state index contributed by atoms with van der Waals surface area (Å²) >= 11 is 0. The molecule has 0 heterocycles. The summed E-state index contributed by atoms with van der Waals surface area (Å²) in [7, 11) is -10.1. The van der Waals surface area contributed by atoms with Crippen LogP contribution < -0.4 is 17.2 Å². The molecule has 0 unspecified atom stereocenters. The van der Waals surface area contributed by atoms with Gasteiger partial charge in [0, 0.05) is 5.69 Å². The third-order valence-corrected chi connectivity index (χ3v) is 9.65. The van der Waals surface area contributed by atoms with E-state index >= 15 is 0 Å². The Kier molecular flexibility index (Phi) is 9.70. The molecule has 0 fully saturated rings. The first-order valence-electron chi connectivity index (χ1n) is 15.3. The maximum Gasteiger partial charge on any atom is 0.296 e. The van der Waals surface area contributed by atoms with Crippen molar-refractivity contribution in [2.45, 2.75) is 16.7 Å². The molecule has 0 saturated heterocycles. The molecule has 0 saturated carbocycles. The summed E-state index contributed by atoms with van der Waals surface area (Å²) in [5, 5.41) is 35.0. The van der Waals surface area contributed by atoms with Crippen LogP contribution in [-0.2, 0) is 20.2 Å². The third-order valence-electron chi connectivity index (χ3n) is 7.91. The van der Waals surface area contributed by atoms with Crippen molar-refractivity contribution in [2.75, 3.05) is 17.2 Å². The van der Waals surface area contributed by atoms with Gasteiger partial charge in [-0.05, 0) is 89.7 Å². The number of hydrogen-bond acceptors (Lipinski definition) is 14. The number of aryl methyl sites for hydroxylation is 1. The van der Waals surface area contributed by atoms with Crippen LogP contribution in [0.4, 0.5) is 51.2 Å². The largest absolute Gasteiger partial charge is 0.505 e. The van der Waals surface area contributed by atoms with Gasteiger partial charge < -0.3 is 22.3 Å². The standard InChI is InChI=1S/C35H29N9O7S2/c1-19-15-28(27(37)18-26(19)36)42-39-24-11-7-20(8-12-24)21-9-13-25(14-10-21)41-43-33-29(52(46,47)48)16-22-17-30(53(49,50)51)34(35(45)31(22)32(33)38)44-40-23-5-3-2-4-6-23/h2-18,45H,36-38H2,1H3,(H,46,47,48)(H,49,50,51). The first-order valence-corrected chi connectivity index (χ1v) is 18.2. The Labute approximate surface area is 302 Å². The van der Waals surface area contributed by atoms with E-state index in [-0.39, 0.29) is 16.5 Å². The van der Waals surface area contributed by atoms with Gasteiger partial charge in [0.25, 0.3) is 20.2 Å². The maximum absolute atomic E-state index is 12.4. The van der Waals surface area contributed by atoms with E-state index < -0.39 is 52.8 Å². The highest BCUT2D eigenvalue weighted by atomic mass is 32.2. The van der Waals surface area contributed by atoms with Crippen molar-refractivity contribution in [3.63, 3.8) is 0 Å². The molecule has 0 atom stereocenters. The normalized spacial score (nSPS) is 12.4. The number of nitrogens with zero attached hydrogens (tertiary/aromatic N) is 6. The van der Waals surface area contributed by atoms with Crippen LogP contribution in [0, 0.1) is 6.92 Å². The number of aromatic hydroxyl groups is 1. The van der Waals surface area contributed by atoms with E-state index in [0.717, 1.165) is 28.8 Å². The van der Waals surface area contributed by atoms with Crippen molar-refractivity contribution in [1.29, 1.82) is 0 Å². The number of anilines is 3. The van der Waals surface area contributed by atoms with Crippen LogP contribution in [0.5, 0.6) is 5.75 Å². The Morgan fingerprint density at radius 2 is 1.02 bits per heavy atom. The van der Waals surface area contributed by atoms with Crippen molar-refractivity contribution < 1.29 is 31.0 Å². The van der Waals surface area contributed by atoms with E-state index in [0.29, 0.717) is 28.4 Å². The summed E-state index contributed by atoms with van der Waals surface area (Å²) in [6.45, 7) is 1.85. The Hall–Kier alpha value is -6.60. The molecule has 6 rings (SSSR count). The van der Waals surface area contributed by atoms with Gasteiger partial charge in [0.1, 0.15) is 26.9 Å². The van der Waals surface area contributed by atoms with Gasteiger partial charge in [-0.1, -0.05) is 42.5 Å². The highest BCUT2D eigenvalue weighted by Crippen LogP contribution is 2.48. The lowest BCUT2D eigenvalue weighted by molar-refractivity contribution is 0.472. The molecule has 0 amide bonds. The van der Waals surface area contributed by atoms with Crippen LogP contribution in [-0.4, -0.2) is 31.0 Å². The summed E-state index contributed by atoms with van der Waals surface area (Å²) in [6, 6.07) is 27.1. The molecule has 0 bridgehead atoms. The lowest BCUT2D eigenvalue weighted by Crippen LogP contribution is -2.03. The second-order valence-electron chi connectivity index (χ2n) is 11.6. The smallest absolute Gasteiger partial charge is 0.296 e. The average molecular weight is 752 g/mol. The van der Waals surface area contributed by atoms with Gasteiger partial charge >= 0.3 is 0 Å². The average Bonchev–Trinajstić information content (AvgIpc) is 3.11. The number of phenolic OH excluding ortho intramolecular Hbond substituents is 1. The summed E-state index contributed by atoms with van der Waals surface area (Å²) in [6.07, 6.45) is 0. The van der Waals surface area contributed by atoms with Crippen LogP contribution in [0.25, 0.3) is 21.9 Å². The zero-order valence-electron chi connectivity index (χ0n) is 27.5. The molecular weight excluding hydrogens is 723 g/mol. The zero-order valence-corrected chi connectivity index (χ0v) is 29.2. The zero-order chi connectivity index (χ0) is 38.1. The van der Waals surface area contributed by atoms with Crippen LogP contribution >= 0.6 is 0 Å². The molecule has 9 N–H and O–H groups in total. The number of hydrogen-bond donors (Lipinski definition) is 6. The van der Waals surface area contributed by atoms with Crippen molar-refractivity contribution in [2.24, 2.45) is 30.7 Å². The first-order chi connectivity index (χ1) is 25.1. The molecule has 0 aromatic heterocycles. The molecule has 268 valence electrons. The second kappa shape index (κ2) is 14.2. The summed E-state index contributed by atoms with van der Waals surface area (Å²) in [5.74, 6) is -0.855. The topological polar surface area (TPSA) is 281 Å². The molecule has 0 aliphatic rings. The number of nitrogen functional groups attached to an aromatic ring is 3. The Balaban J connectivity index is 1.32. The number of benzene rings is 6. The monoisotopic (exact) mass is 751 g/mol. The fraction of sp³-hybridized carbons (Fsp3) is 0.0286. The molecule has 6 aromatic carbocycles. The number of fused-ring (bicyclic) bond motifs is 1. The minimum Gasteiger partial charge on any atom is -0.505 e. The van der Waals surface area contributed by atoms with E-state index in [9.17, 15) is 31.0 Å². The van der Waals surface area contributed by atoms with Gasteiger partial charge in [0.05, 0.1) is 33.8 Å². The molecule has 6 aromatic rings. The summed E-state index contributed by atoms with van der Waals surface area (Å²) < 4.78 is 69.4. The minimum atomic E-state index is -5.04. The predicted molar refractivity (Wildman–Crippen MR) is 201 cm³/mol. The van der Waals surface area contributed by atoms with Crippen LogP contribution in [0.1, 0.15) is 5.56 Å². The fourth-order valence-corrected chi connectivity index (χ4v) is 6.51. The molecule has 0 radical (unpaired) electrons. The summed E-state index contributed by atoms with van der Waals surface area (Å²) in [4.78, 5) is -1.73. The van der Waals surface area contributed by atoms with Gasteiger partial charge in [0.2, 0.25) is 0 Å². The maximum atomic E-state index is 12.4. The van der Waals surface area contributed by atoms with Crippen LogP contribution in [0.2, 0.25) is 0 Å². The van der Waals surface area contributed by atoms with E-state index in [1.54, 1.807) is 78.9 Å². The highest BCUT2D eigenvalue weighted by Gasteiger charge is 2.28. The first kappa shape index (κ1) is 36.2. The Morgan fingerprint density at radius 3 is 1.55 bits per heavy atom. The SMILES string of the molecule is Cc1cc(N=Nc2ccc(-c3ccc(N=Nc4c(S(=O)(=O)O)cc5cc(S(=O)(=O)O)c(N=Nc6ccccc6)c(O)c5c4N)cc3)cc2)c(N)cc1N. The van der Waals surface area contributed by atoms with Gasteiger partial charge in [-0.2, -0.15) is 32.2 Å². The molecule has 0 aliphatic carbocycles. The van der Waals surface area contributed by atoms with E-state index in [1.807, 2.05) is 19.1 Å². The van der Waals surface area contributed by atoms with Gasteiger partial charge in [-0.15, -0.1) is 15.3 Å². The highest BCUT2D eigenvalue weighted by molar-refractivity contribution is 7.86. The van der Waals surface area contributed by atoms with Crippen molar-refractivity contribution >= 4 is 82.2 Å². The molecule has 0 spiro atoms. The van der Waals surface area contributed by atoms with Gasteiger partial charge in [-0.25, -0.2) is 0 Å². The van der Waals surface area contributed by atoms with Gasteiger partial charge in [0.15, 0.2) is 5.75 Å². The van der Waals surface area contributed by atoms with E-state index in [2.05, 4.69) is 30.7 Å². The van der Waals surface area contributed by atoms with Crippen LogP contribution in [0.15, 0.2) is 144 Å². The predicted octanol–water partition coefficient (Wildman–Crippen LogP) is 9.01. The number of rotatable bonds is 9. The quantitative estimate of drug-likeness (QED) is 0.0463. The van der Waals surface area contributed by atoms with Gasteiger partial charge in [-0.3, -0.25) is 9.11 Å². The lowest BCUT2D eigenvalue weighted by atomic mass is 10.0. The lowest BCUT2D eigenvalue weighted by Gasteiger charge is -2.14. The third kappa shape index (κ3) is 7.85. The molecule has 18 heteroatoms. The molecular formula is C35H29N9O7S2. The molecule has 0 aliphatic heterocycles. The number of nitrogens with two attached hydrogens (primary N) is 3. The van der Waals surface area contributed by atoms with Crippen molar-refractivity contribution in [3.05, 3.63) is 109 Å². The second-order valence-corrected chi connectivity index (χ2v) is 14.3. The Morgan fingerprint density at radius 1 is 0.547 bits per heavy atom. The molecule has 53 heavy (non-hydrogen) atoms. The minimum absolute atomic E-state index is 0.264. The number of phenols is 1. The van der Waals surface area contributed by atoms with Crippen LogP contribution in [0.3, 0.4) is 0 Å².